The molecule has 0 spiro atoms. The molecule has 1 rings (SSSR count). The third-order valence-electron chi connectivity index (χ3n) is 2.84. The predicted octanol–water partition coefficient (Wildman–Crippen LogP) is 1.82. The molecule has 0 bridgehead atoms. The van der Waals surface area contributed by atoms with E-state index in [-0.39, 0.29) is 36.9 Å². The zero-order valence-corrected chi connectivity index (χ0v) is 13.9. The van der Waals surface area contributed by atoms with Gasteiger partial charge in [-0.1, -0.05) is 0 Å². The molecule has 9 heteroatoms. The lowest BCUT2D eigenvalue weighted by molar-refractivity contribution is -0.385. The average Bonchev–Trinajstić information content (AvgIpc) is 2.55. The van der Waals surface area contributed by atoms with Crippen molar-refractivity contribution in [3.8, 4) is 11.5 Å². The van der Waals surface area contributed by atoms with Gasteiger partial charge in [-0.2, -0.15) is 0 Å². The third kappa shape index (κ3) is 5.67. The minimum Gasteiger partial charge on any atom is -0.487 e. The molecule has 134 valence electrons. The van der Waals surface area contributed by atoms with Crippen LogP contribution in [0.4, 0.5) is 5.69 Å². The molecular formula is C15H21NO8. The second-order valence-corrected chi connectivity index (χ2v) is 4.48. The molecule has 0 heterocycles. The number of carbonyl (C=O) groups excluding carboxylic acids is 1. The highest BCUT2D eigenvalue weighted by Crippen LogP contribution is 2.35. The Hall–Kier alpha value is -2.39. The highest BCUT2D eigenvalue weighted by atomic mass is 16.6. The number of benzene rings is 1. The summed E-state index contributed by atoms with van der Waals surface area (Å²) in [5.74, 6) is -0.469. The molecular weight excluding hydrogens is 322 g/mol. The fourth-order valence-electron chi connectivity index (χ4n) is 1.77. The minimum atomic E-state index is -0.802. The van der Waals surface area contributed by atoms with Crippen LogP contribution < -0.4 is 9.47 Å². The van der Waals surface area contributed by atoms with Crippen molar-refractivity contribution in [1.29, 1.82) is 0 Å². The molecule has 0 amide bonds. The Kier molecular flexibility index (Phi) is 8.52. The van der Waals surface area contributed by atoms with Crippen LogP contribution in [0.1, 0.15) is 17.3 Å². The third-order valence-corrected chi connectivity index (χ3v) is 2.84. The van der Waals surface area contributed by atoms with E-state index in [0.29, 0.717) is 13.2 Å². The molecule has 1 aromatic rings. The van der Waals surface area contributed by atoms with Crippen molar-refractivity contribution in [2.75, 3.05) is 47.3 Å². The normalized spacial score (nSPS) is 10.3. The lowest BCUT2D eigenvalue weighted by Gasteiger charge is -2.14. The quantitative estimate of drug-likeness (QED) is 0.259. The number of methoxy groups -OCH3 is 2. The lowest BCUT2D eigenvalue weighted by atomic mass is 10.1. The SMILES string of the molecule is CCOC(=O)c1cc(OCCOC)c(OCCOC)cc1[N+](=O)[O-]. The summed E-state index contributed by atoms with van der Waals surface area (Å²) in [5, 5.41) is 11.2. The van der Waals surface area contributed by atoms with Gasteiger partial charge in [0, 0.05) is 20.3 Å². The summed E-state index contributed by atoms with van der Waals surface area (Å²) in [6.45, 7) is 2.68. The van der Waals surface area contributed by atoms with Crippen LogP contribution in [0.15, 0.2) is 12.1 Å². The second-order valence-electron chi connectivity index (χ2n) is 4.48. The van der Waals surface area contributed by atoms with Crippen molar-refractivity contribution in [1.82, 2.24) is 0 Å². The minimum absolute atomic E-state index is 0.0991. The Morgan fingerprint density at radius 1 is 1.04 bits per heavy atom. The van der Waals surface area contributed by atoms with Gasteiger partial charge < -0.3 is 23.7 Å². The highest BCUT2D eigenvalue weighted by Gasteiger charge is 2.26. The maximum Gasteiger partial charge on any atom is 0.345 e. The summed E-state index contributed by atoms with van der Waals surface area (Å²) in [6, 6.07) is 2.39. The standard InChI is InChI=1S/C15H21NO8/c1-4-22-15(17)11-9-13(23-7-5-20-2)14(24-8-6-21-3)10-12(11)16(18)19/h9-10H,4-8H2,1-3H3. The first-order valence-electron chi connectivity index (χ1n) is 7.28. The molecule has 0 radical (unpaired) electrons. The van der Waals surface area contributed by atoms with Crippen LogP contribution in [0.2, 0.25) is 0 Å². The van der Waals surface area contributed by atoms with Crippen molar-refractivity contribution >= 4 is 11.7 Å². The Morgan fingerprint density at radius 3 is 2.04 bits per heavy atom. The van der Waals surface area contributed by atoms with Crippen molar-refractivity contribution < 1.29 is 33.4 Å². The molecule has 0 saturated carbocycles. The molecule has 0 atom stereocenters. The Balaban J connectivity index is 3.20. The van der Waals surface area contributed by atoms with Gasteiger partial charge in [0.25, 0.3) is 5.69 Å². The number of esters is 1. The maximum absolute atomic E-state index is 12.0. The summed E-state index contributed by atoms with van der Waals surface area (Å²) in [6.07, 6.45) is 0. The molecule has 0 aliphatic heterocycles. The van der Waals surface area contributed by atoms with Crippen LogP contribution in [0, 0.1) is 10.1 Å². The van der Waals surface area contributed by atoms with E-state index in [0.717, 1.165) is 6.07 Å². The summed E-state index contributed by atoms with van der Waals surface area (Å²) in [5.41, 5.74) is -0.617. The summed E-state index contributed by atoms with van der Waals surface area (Å²) < 4.78 is 25.6. The van der Waals surface area contributed by atoms with Gasteiger partial charge in [-0.25, -0.2) is 4.79 Å². The zero-order valence-electron chi connectivity index (χ0n) is 13.9. The number of carbonyl (C=O) groups is 1. The van der Waals surface area contributed by atoms with E-state index >= 15 is 0 Å². The number of rotatable bonds is 11. The number of hydrogen-bond donors (Lipinski definition) is 0. The highest BCUT2D eigenvalue weighted by molar-refractivity contribution is 5.95. The van der Waals surface area contributed by atoms with E-state index in [9.17, 15) is 14.9 Å². The molecule has 0 aliphatic rings. The predicted molar refractivity (Wildman–Crippen MR) is 83.8 cm³/mol. The van der Waals surface area contributed by atoms with Gasteiger partial charge in [-0.15, -0.1) is 0 Å². The molecule has 0 aliphatic carbocycles. The van der Waals surface area contributed by atoms with E-state index < -0.39 is 16.6 Å². The number of hydrogen-bond acceptors (Lipinski definition) is 8. The van der Waals surface area contributed by atoms with Gasteiger partial charge in [-0.3, -0.25) is 10.1 Å². The van der Waals surface area contributed by atoms with Gasteiger partial charge >= 0.3 is 5.97 Å². The van der Waals surface area contributed by atoms with E-state index in [2.05, 4.69) is 0 Å². The van der Waals surface area contributed by atoms with Crippen LogP contribution in [0.25, 0.3) is 0 Å². The Morgan fingerprint density at radius 2 is 1.58 bits per heavy atom. The maximum atomic E-state index is 12.0. The van der Waals surface area contributed by atoms with Gasteiger partial charge in [0.05, 0.1) is 30.8 Å². The lowest BCUT2D eigenvalue weighted by Crippen LogP contribution is -2.12. The first-order valence-corrected chi connectivity index (χ1v) is 7.28. The number of nitro groups is 1. The summed E-state index contributed by atoms with van der Waals surface area (Å²) in [4.78, 5) is 22.5. The van der Waals surface area contributed by atoms with Crippen LogP contribution in [0.5, 0.6) is 11.5 Å². The first kappa shape index (κ1) is 19.7. The molecule has 9 nitrogen and oxygen atoms in total. The molecule has 0 unspecified atom stereocenters. The van der Waals surface area contributed by atoms with Gasteiger partial charge in [0.2, 0.25) is 0 Å². The monoisotopic (exact) mass is 343 g/mol. The number of nitro benzene ring substituents is 1. The molecule has 24 heavy (non-hydrogen) atoms. The first-order chi connectivity index (χ1) is 11.5. The topological polar surface area (TPSA) is 106 Å². The Labute approximate surface area is 139 Å². The van der Waals surface area contributed by atoms with Crippen molar-refractivity contribution in [2.45, 2.75) is 6.92 Å². The van der Waals surface area contributed by atoms with Crippen molar-refractivity contribution in [2.24, 2.45) is 0 Å². The summed E-state index contributed by atoms with van der Waals surface area (Å²) >= 11 is 0. The summed E-state index contributed by atoms with van der Waals surface area (Å²) in [7, 11) is 3.02. The molecule has 0 saturated heterocycles. The molecule has 0 aromatic heterocycles. The van der Waals surface area contributed by atoms with Gasteiger partial charge in [0.1, 0.15) is 18.8 Å². The average molecular weight is 343 g/mol. The van der Waals surface area contributed by atoms with E-state index in [1.165, 1.54) is 20.3 Å². The fraction of sp³-hybridized carbons (Fsp3) is 0.533. The smallest absolute Gasteiger partial charge is 0.345 e. The van der Waals surface area contributed by atoms with Crippen molar-refractivity contribution in [3.63, 3.8) is 0 Å². The molecule has 0 fully saturated rings. The number of ether oxygens (including phenoxy) is 5. The van der Waals surface area contributed by atoms with E-state index in [4.69, 9.17) is 23.7 Å². The largest absolute Gasteiger partial charge is 0.487 e. The van der Waals surface area contributed by atoms with Crippen LogP contribution in [0.3, 0.4) is 0 Å². The molecule has 1 aromatic carbocycles. The van der Waals surface area contributed by atoms with Crippen LogP contribution >= 0.6 is 0 Å². The zero-order chi connectivity index (χ0) is 17.9. The molecule has 0 N–H and O–H groups in total. The van der Waals surface area contributed by atoms with E-state index in [1.54, 1.807) is 6.92 Å². The fourth-order valence-corrected chi connectivity index (χ4v) is 1.77. The van der Waals surface area contributed by atoms with Crippen LogP contribution in [-0.4, -0.2) is 58.1 Å². The van der Waals surface area contributed by atoms with Crippen molar-refractivity contribution in [3.05, 3.63) is 27.8 Å². The van der Waals surface area contributed by atoms with Gasteiger partial charge in [0.15, 0.2) is 11.5 Å². The van der Waals surface area contributed by atoms with Crippen LogP contribution in [-0.2, 0) is 14.2 Å². The van der Waals surface area contributed by atoms with E-state index in [1.807, 2.05) is 0 Å². The second kappa shape index (κ2) is 10.4. The Bertz CT molecular complexity index is 561. The number of nitrogens with zero attached hydrogens (tertiary/aromatic N) is 1. The van der Waals surface area contributed by atoms with Gasteiger partial charge in [-0.05, 0) is 6.92 Å².